The Morgan fingerprint density at radius 2 is 2.00 bits per heavy atom. The summed E-state index contributed by atoms with van der Waals surface area (Å²) in [4.78, 5) is 30.8. The smallest absolute Gasteiger partial charge is 0.270 e. The number of carbonyl (C=O) groups excluding carboxylic acids is 2. The van der Waals surface area contributed by atoms with E-state index in [9.17, 15) is 9.59 Å². The van der Waals surface area contributed by atoms with Gasteiger partial charge in [-0.25, -0.2) is 0 Å². The summed E-state index contributed by atoms with van der Waals surface area (Å²) in [6.45, 7) is 5.29. The number of fused-ring (bicyclic) bond motifs is 1. The van der Waals surface area contributed by atoms with Gasteiger partial charge in [-0.1, -0.05) is 6.92 Å². The van der Waals surface area contributed by atoms with E-state index in [0.29, 0.717) is 25.2 Å². The average molecular weight is 438 g/mol. The molecule has 0 aliphatic carbocycles. The molecule has 0 saturated carbocycles. The zero-order valence-corrected chi connectivity index (χ0v) is 18.9. The van der Waals surface area contributed by atoms with Gasteiger partial charge in [0, 0.05) is 48.4 Å². The van der Waals surface area contributed by atoms with E-state index >= 15 is 0 Å². The van der Waals surface area contributed by atoms with Gasteiger partial charge in [-0.15, -0.1) is 0 Å². The number of hydrogen-bond donors (Lipinski definition) is 2. The first-order valence-electron chi connectivity index (χ1n) is 11.2. The second kappa shape index (κ2) is 9.51. The van der Waals surface area contributed by atoms with Crippen LogP contribution in [0.3, 0.4) is 0 Å². The molecule has 1 fully saturated rings. The van der Waals surface area contributed by atoms with Crippen molar-refractivity contribution in [1.29, 1.82) is 0 Å². The fraction of sp³-hybridized carbons (Fsp3) is 0.440. The highest BCUT2D eigenvalue weighted by atomic mass is 16.5. The monoisotopic (exact) mass is 437 g/mol. The third-order valence-electron chi connectivity index (χ3n) is 6.48. The first-order chi connectivity index (χ1) is 15.4. The molecular weight excluding hydrogens is 406 g/mol. The fourth-order valence-electron chi connectivity index (χ4n) is 4.49. The van der Waals surface area contributed by atoms with Gasteiger partial charge in [0.25, 0.3) is 5.91 Å². The molecule has 0 radical (unpaired) electrons. The molecule has 1 aliphatic heterocycles. The molecule has 3 heterocycles. The molecule has 1 aromatic carbocycles. The highest BCUT2D eigenvalue weighted by molar-refractivity contribution is 5.98. The zero-order valence-electron chi connectivity index (χ0n) is 18.9. The maximum Gasteiger partial charge on any atom is 0.270 e. The van der Waals surface area contributed by atoms with Gasteiger partial charge in [0.1, 0.15) is 17.2 Å². The molecule has 4 rings (SSSR count). The SMILES string of the molecule is COc1ccc2cc(C(=O)N3CCC([C@H](C)C(=O)N[C@H](C)Cc4ccco4)CC3)[nH]c2c1. The van der Waals surface area contributed by atoms with Crippen molar-refractivity contribution in [2.45, 2.75) is 39.2 Å². The van der Waals surface area contributed by atoms with E-state index in [2.05, 4.69) is 10.3 Å². The molecule has 2 aromatic heterocycles. The number of piperidine rings is 1. The van der Waals surface area contributed by atoms with Crippen molar-refractivity contribution >= 4 is 22.7 Å². The van der Waals surface area contributed by atoms with E-state index in [1.807, 2.05) is 55.1 Å². The van der Waals surface area contributed by atoms with Gasteiger partial charge in [-0.3, -0.25) is 9.59 Å². The van der Waals surface area contributed by atoms with Crippen molar-refractivity contribution in [3.63, 3.8) is 0 Å². The summed E-state index contributed by atoms with van der Waals surface area (Å²) >= 11 is 0. The number of aromatic amines is 1. The molecule has 3 aromatic rings. The van der Waals surface area contributed by atoms with Crippen LogP contribution in [0.5, 0.6) is 5.75 Å². The van der Waals surface area contributed by atoms with Crippen LogP contribution in [-0.2, 0) is 11.2 Å². The van der Waals surface area contributed by atoms with Gasteiger partial charge in [-0.2, -0.15) is 0 Å². The number of hydrogen-bond acceptors (Lipinski definition) is 4. The van der Waals surface area contributed by atoms with Gasteiger partial charge < -0.3 is 24.4 Å². The molecule has 1 aliphatic rings. The second-order valence-electron chi connectivity index (χ2n) is 8.75. The topological polar surface area (TPSA) is 87.6 Å². The number of likely N-dealkylation sites (tertiary alicyclic amines) is 1. The average Bonchev–Trinajstić information content (AvgIpc) is 3.47. The quantitative estimate of drug-likeness (QED) is 0.585. The molecule has 0 unspecified atom stereocenters. The van der Waals surface area contributed by atoms with Crippen molar-refractivity contribution in [3.8, 4) is 5.75 Å². The van der Waals surface area contributed by atoms with E-state index < -0.39 is 0 Å². The summed E-state index contributed by atoms with van der Waals surface area (Å²) in [5.41, 5.74) is 1.47. The predicted molar refractivity (Wildman–Crippen MR) is 123 cm³/mol. The number of carbonyl (C=O) groups is 2. The van der Waals surface area contributed by atoms with Crippen LogP contribution in [0.15, 0.2) is 47.1 Å². The summed E-state index contributed by atoms with van der Waals surface area (Å²) in [7, 11) is 1.63. The number of amides is 2. The van der Waals surface area contributed by atoms with Crippen molar-refractivity contribution in [3.05, 3.63) is 54.1 Å². The normalized spacial score (nSPS) is 16.7. The minimum Gasteiger partial charge on any atom is -0.497 e. The van der Waals surface area contributed by atoms with Crippen LogP contribution in [0.25, 0.3) is 10.9 Å². The number of H-pyrrole nitrogens is 1. The maximum atomic E-state index is 13.0. The first-order valence-corrected chi connectivity index (χ1v) is 11.2. The van der Waals surface area contributed by atoms with Crippen LogP contribution in [0, 0.1) is 11.8 Å². The van der Waals surface area contributed by atoms with Gasteiger partial charge in [0.2, 0.25) is 5.91 Å². The van der Waals surface area contributed by atoms with Crippen LogP contribution in [0.4, 0.5) is 0 Å². The number of nitrogens with one attached hydrogen (secondary N) is 2. The van der Waals surface area contributed by atoms with E-state index in [1.165, 1.54) is 0 Å². The lowest BCUT2D eigenvalue weighted by atomic mass is 9.84. The van der Waals surface area contributed by atoms with Crippen LogP contribution < -0.4 is 10.1 Å². The number of aromatic nitrogens is 1. The van der Waals surface area contributed by atoms with Crippen molar-refractivity contribution in [2.24, 2.45) is 11.8 Å². The number of methoxy groups -OCH3 is 1. The molecule has 32 heavy (non-hydrogen) atoms. The predicted octanol–water partition coefficient (Wildman–Crippen LogP) is 4.01. The molecule has 0 spiro atoms. The Morgan fingerprint density at radius 3 is 2.69 bits per heavy atom. The molecule has 170 valence electrons. The van der Waals surface area contributed by atoms with Crippen LogP contribution in [0.2, 0.25) is 0 Å². The molecule has 7 nitrogen and oxygen atoms in total. The minimum atomic E-state index is -0.0909. The molecule has 7 heteroatoms. The van der Waals surface area contributed by atoms with Crippen molar-refractivity contribution < 1.29 is 18.7 Å². The summed E-state index contributed by atoms with van der Waals surface area (Å²) in [6.07, 6.45) is 3.96. The Hall–Kier alpha value is -3.22. The van der Waals surface area contributed by atoms with E-state index in [1.54, 1.807) is 13.4 Å². The van der Waals surface area contributed by atoms with E-state index in [-0.39, 0.29) is 29.7 Å². The zero-order chi connectivity index (χ0) is 22.7. The lowest BCUT2D eigenvalue weighted by molar-refractivity contribution is -0.127. The van der Waals surface area contributed by atoms with Gasteiger partial charge in [0.05, 0.1) is 13.4 Å². The van der Waals surface area contributed by atoms with Gasteiger partial charge in [0.15, 0.2) is 0 Å². The molecule has 0 bridgehead atoms. The summed E-state index contributed by atoms with van der Waals surface area (Å²) in [6, 6.07) is 11.4. The molecular formula is C25H31N3O4. The minimum absolute atomic E-state index is 0.00258. The fourth-order valence-corrected chi connectivity index (χ4v) is 4.49. The molecule has 1 saturated heterocycles. The Morgan fingerprint density at radius 1 is 1.22 bits per heavy atom. The number of rotatable bonds is 7. The van der Waals surface area contributed by atoms with Gasteiger partial charge in [-0.05, 0) is 56.0 Å². The summed E-state index contributed by atoms with van der Waals surface area (Å²) in [5, 5.41) is 4.09. The molecule has 2 amide bonds. The summed E-state index contributed by atoms with van der Waals surface area (Å²) in [5.74, 6) is 1.87. The molecule has 2 atom stereocenters. The Bertz CT molecular complexity index is 1060. The van der Waals surface area contributed by atoms with E-state index in [4.69, 9.17) is 9.15 Å². The number of nitrogens with zero attached hydrogens (tertiary/aromatic N) is 1. The number of benzene rings is 1. The number of furan rings is 1. The van der Waals surface area contributed by atoms with Crippen LogP contribution >= 0.6 is 0 Å². The van der Waals surface area contributed by atoms with Crippen molar-refractivity contribution in [1.82, 2.24) is 15.2 Å². The standard InChI is InChI=1S/C25H31N3O4/c1-16(13-21-5-4-12-32-21)26-24(29)17(2)18-8-10-28(11-9-18)25(30)23-14-19-6-7-20(31-3)15-22(19)27-23/h4-7,12,14-18,27H,8-11,13H2,1-3H3,(H,26,29)/t16-,17+/m1/s1. The highest BCUT2D eigenvalue weighted by Crippen LogP contribution is 2.27. The Kier molecular flexibility index (Phi) is 6.53. The lowest BCUT2D eigenvalue weighted by Crippen LogP contribution is -2.44. The number of ether oxygens (including phenoxy) is 1. The maximum absolute atomic E-state index is 13.0. The van der Waals surface area contributed by atoms with E-state index in [0.717, 1.165) is 35.3 Å². The third-order valence-corrected chi connectivity index (χ3v) is 6.48. The summed E-state index contributed by atoms with van der Waals surface area (Å²) < 4.78 is 10.6. The Labute approximate surface area is 188 Å². The highest BCUT2D eigenvalue weighted by Gasteiger charge is 2.31. The first kappa shape index (κ1) is 22.0. The van der Waals surface area contributed by atoms with Crippen LogP contribution in [0.1, 0.15) is 42.9 Å². The van der Waals surface area contributed by atoms with Gasteiger partial charge >= 0.3 is 0 Å². The largest absolute Gasteiger partial charge is 0.497 e. The molecule has 2 N–H and O–H groups in total. The lowest BCUT2D eigenvalue weighted by Gasteiger charge is -2.34. The Balaban J connectivity index is 1.30. The van der Waals surface area contributed by atoms with Crippen LogP contribution in [-0.4, -0.2) is 47.9 Å². The second-order valence-corrected chi connectivity index (χ2v) is 8.75. The third kappa shape index (κ3) is 4.82. The van der Waals surface area contributed by atoms with Crippen molar-refractivity contribution in [2.75, 3.05) is 20.2 Å².